The molecule has 6 heteroatoms. The zero-order valence-electron chi connectivity index (χ0n) is 10.3. The number of carbonyl (C=O) groups is 2. The van der Waals surface area contributed by atoms with E-state index in [1.54, 1.807) is 42.5 Å². The number of nitrogens with two attached hydrogens (primary N) is 1. The van der Waals surface area contributed by atoms with Crippen LogP contribution in [0.2, 0.25) is 0 Å². The van der Waals surface area contributed by atoms with Gasteiger partial charge in [-0.3, -0.25) is 4.79 Å². The van der Waals surface area contributed by atoms with Crippen LogP contribution in [0.4, 0.5) is 16.2 Å². The molecule has 98 valence electrons. The molecule has 0 atom stereocenters. The van der Waals surface area contributed by atoms with Gasteiger partial charge in [-0.1, -0.05) is 6.07 Å². The van der Waals surface area contributed by atoms with E-state index in [-0.39, 0.29) is 5.91 Å². The zero-order chi connectivity index (χ0) is 14.1. The Morgan fingerprint density at radius 2 is 1.85 bits per heavy atom. The van der Waals surface area contributed by atoms with E-state index < -0.39 is 6.03 Å². The third-order valence-corrected chi connectivity index (χ3v) is 2.81. The summed E-state index contributed by atoms with van der Waals surface area (Å²) in [5, 5.41) is 3.69. The van der Waals surface area contributed by atoms with Crippen molar-refractivity contribution in [1.29, 1.82) is 0 Å². The van der Waals surface area contributed by atoms with Gasteiger partial charge in [-0.05, 0) is 36.4 Å². The molecule has 3 N–H and O–H groups in total. The highest BCUT2D eigenvalue weighted by Crippen LogP contribution is 2.09. The summed E-state index contributed by atoms with van der Waals surface area (Å²) < 4.78 is 0. The highest BCUT2D eigenvalue weighted by molar-refractivity contribution is 6.04. The maximum absolute atomic E-state index is 12.0. The van der Waals surface area contributed by atoms with Gasteiger partial charge in [0.15, 0.2) is 0 Å². The lowest BCUT2D eigenvalue weighted by molar-refractivity contribution is 0.102. The number of amides is 3. The van der Waals surface area contributed by atoms with Gasteiger partial charge in [0.05, 0.1) is 10.7 Å². The standard InChI is InChI=1S/C14H10N4O2/c15-9-3-1-2-8(6-9)13(19)16-10-4-5-11-12(7-10)18-14(20)17-11/h1-7H,15H2,(H,16,19). The molecule has 1 aliphatic heterocycles. The first-order chi connectivity index (χ1) is 9.61. The molecule has 0 saturated carbocycles. The highest BCUT2D eigenvalue weighted by Gasteiger charge is 2.09. The van der Waals surface area contributed by atoms with Crippen molar-refractivity contribution in [3.63, 3.8) is 0 Å². The number of hydrogen-bond donors (Lipinski definition) is 2. The number of anilines is 2. The quantitative estimate of drug-likeness (QED) is 0.790. The van der Waals surface area contributed by atoms with E-state index in [1.165, 1.54) is 0 Å². The topological polar surface area (TPSA) is 96.9 Å². The summed E-state index contributed by atoms with van der Waals surface area (Å²) in [6.07, 6.45) is 0. The minimum atomic E-state index is -0.528. The van der Waals surface area contributed by atoms with E-state index >= 15 is 0 Å². The fourth-order valence-corrected chi connectivity index (χ4v) is 1.90. The van der Waals surface area contributed by atoms with Crippen LogP contribution in [-0.2, 0) is 0 Å². The van der Waals surface area contributed by atoms with Gasteiger partial charge in [0, 0.05) is 16.9 Å². The average molecular weight is 266 g/mol. The van der Waals surface area contributed by atoms with Crippen LogP contribution in [-0.4, -0.2) is 11.9 Å². The Morgan fingerprint density at radius 3 is 2.65 bits per heavy atom. The minimum Gasteiger partial charge on any atom is -0.399 e. The van der Waals surface area contributed by atoms with Crippen molar-refractivity contribution >= 4 is 23.3 Å². The van der Waals surface area contributed by atoms with Crippen LogP contribution in [0.15, 0.2) is 52.4 Å². The maximum atomic E-state index is 12.0. The molecule has 0 saturated heterocycles. The van der Waals surface area contributed by atoms with Crippen LogP contribution < -0.4 is 21.8 Å². The van der Waals surface area contributed by atoms with Gasteiger partial charge >= 0.3 is 6.03 Å². The number of rotatable bonds is 2. The number of fused-ring (bicyclic) bond motifs is 1. The smallest absolute Gasteiger partial charge is 0.368 e. The molecule has 1 aliphatic rings. The lowest BCUT2D eigenvalue weighted by Gasteiger charge is -2.05. The van der Waals surface area contributed by atoms with E-state index in [1.807, 2.05) is 0 Å². The van der Waals surface area contributed by atoms with Crippen molar-refractivity contribution in [2.45, 2.75) is 0 Å². The summed E-state index contributed by atoms with van der Waals surface area (Å²) in [6.45, 7) is 0. The zero-order valence-corrected chi connectivity index (χ0v) is 10.3. The molecule has 20 heavy (non-hydrogen) atoms. The van der Waals surface area contributed by atoms with Gasteiger partial charge in [-0.25, -0.2) is 4.79 Å². The van der Waals surface area contributed by atoms with Crippen molar-refractivity contribution < 1.29 is 9.59 Å². The summed E-state index contributed by atoms with van der Waals surface area (Å²) >= 11 is 0. The van der Waals surface area contributed by atoms with Crippen LogP contribution in [0.25, 0.3) is 0 Å². The lowest BCUT2D eigenvalue weighted by atomic mass is 10.2. The second kappa shape index (κ2) is 4.58. The number of nitrogens with zero attached hydrogens (tertiary/aromatic N) is 2. The molecule has 1 heterocycles. The molecule has 3 rings (SSSR count). The van der Waals surface area contributed by atoms with Crippen molar-refractivity contribution in [2.24, 2.45) is 9.98 Å². The average Bonchev–Trinajstić information content (AvgIpc) is 2.78. The van der Waals surface area contributed by atoms with Gasteiger partial charge in [0.2, 0.25) is 0 Å². The van der Waals surface area contributed by atoms with Crippen molar-refractivity contribution in [3.8, 4) is 0 Å². The first kappa shape index (κ1) is 12.0. The first-order valence-electron chi connectivity index (χ1n) is 5.90. The van der Waals surface area contributed by atoms with Gasteiger partial charge in [0.1, 0.15) is 0 Å². The van der Waals surface area contributed by atoms with Gasteiger partial charge in [0.25, 0.3) is 5.91 Å². The Kier molecular flexibility index (Phi) is 2.76. The maximum Gasteiger partial charge on any atom is 0.368 e. The predicted octanol–water partition coefficient (Wildman–Crippen LogP) is 0.894. The molecule has 0 aliphatic carbocycles. The van der Waals surface area contributed by atoms with Crippen molar-refractivity contribution in [3.05, 3.63) is 58.7 Å². The van der Waals surface area contributed by atoms with Gasteiger partial charge in [-0.2, -0.15) is 9.98 Å². The molecule has 2 aromatic rings. The molecule has 0 unspecified atom stereocenters. The highest BCUT2D eigenvalue weighted by atomic mass is 16.2. The number of nitrogens with one attached hydrogen (secondary N) is 1. The molecular formula is C14H10N4O2. The third kappa shape index (κ3) is 2.26. The number of carbonyl (C=O) groups excluding carboxylic acids is 2. The summed E-state index contributed by atoms with van der Waals surface area (Å²) in [7, 11) is 0. The SMILES string of the molecule is Nc1cccc(C(=O)Nc2ccc3c(c2)=NC(=O)N=3)c1. The molecular weight excluding hydrogens is 256 g/mol. The third-order valence-electron chi connectivity index (χ3n) is 2.81. The van der Waals surface area contributed by atoms with Crippen LogP contribution in [0, 0.1) is 0 Å². The first-order valence-corrected chi connectivity index (χ1v) is 5.90. The summed E-state index contributed by atoms with van der Waals surface area (Å²) in [5.74, 6) is -0.279. The van der Waals surface area contributed by atoms with E-state index in [2.05, 4.69) is 15.3 Å². The molecule has 0 bridgehead atoms. The largest absolute Gasteiger partial charge is 0.399 e. The van der Waals surface area contributed by atoms with Crippen LogP contribution in [0.3, 0.4) is 0 Å². The van der Waals surface area contributed by atoms with Crippen LogP contribution in [0.1, 0.15) is 10.4 Å². The molecule has 0 radical (unpaired) electrons. The molecule has 6 nitrogen and oxygen atoms in total. The van der Waals surface area contributed by atoms with Crippen LogP contribution in [0.5, 0.6) is 0 Å². The fourth-order valence-electron chi connectivity index (χ4n) is 1.90. The van der Waals surface area contributed by atoms with Gasteiger partial charge < -0.3 is 11.1 Å². The molecule has 0 spiro atoms. The van der Waals surface area contributed by atoms with E-state index in [0.717, 1.165) is 0 Å². The number of hydrogen-bond acceptors (Lipinski definition) is 3. The van der Waals surface area contributed by atoms with Crippen molar-refractivity contribution in [1.82, 2.24) is 0 Å². The van der Waals surface area contributed by atoms with E-state index in [9.17, 15) is 9.59 Å². The molecule has 0 fully saturated rings. The Labute approximate surface area is 113 Å². The summed E-state index contributed by atoms with van der Waals surface area (Å²) in [5.41, 5.74) is 7.16. The summed E-state index contributed by atoms with van der Waals surface area (Å²) in [6, 6.07) is 11.1. The molecule has 2 aromatic carbocycles. The monoisotopic (exact) mass is 266 g/mol. The van der Waals surface area contributed by atoms with Gasteiger partial charge in [-0.15, -0.1) is 0 Å². The van der Waals surface area contributed by atoms with E-state index in [0.29, 0.717) is 27.7 Å². The molecule has 3 amide bonds. The lowest BCUT2D eigenvalue weighted by Crippen LogP contribution is -2.22. The van der Waals surface area contributed by atoms with Crippen LogP contribution >= 0.6 is 0 Å². The Hall–Kier alpha value is -3.02. The Morgan fingerprint density at radius 1 is 1.05 bits per heavy atom. The Bertz CT molecular complexity index is 842. The molecule has 0 aromatic heterocycles. The van der Waals surface area contributed by atoms with E-state index in [4.69, 9.17) is 5.73 Å². The van der Waals surface area contributed by atoms with Crippen molar-refractivity contribution in [2.75, 3.05) is 11.1 Å². The predicted molar refractivity (Wildman–Crippen MR) is 73.0 cm³/mol. The second-order valence-electron chi connectivity index (χ2n) is 4.29. The minimum absolute atomic E-state index is 0.279. The second-order valence-corrected chi connectivity index (χ2v) is 4.29. The normalized spacial score (nSPS) is 12.3. The number of benzene rings is 2. The number of nitrogen functional groups attached to an aromatic ring is 1. The fraction of sp³-hybridized carbons (Fsp3) is 0. The number of urea groups is 1. The Balaban J connectivity index is 1.88. The summed E-state index contributed by atoms with van der Waals surface area (Å²) in [4.78, 5) is 30.5.